The van der Waals surface area contributed by atoms with Gasteiger partial charge in [0.1, 0.15) is 31.7 Å². The number of ether oxygens (including phenoxy) is 2. The fraction of sp³-hybridized carbons (Fsp3) is 0.381. The van der Waals surface area contributed by atoms with Crippen molar-refractivity contribution in [2.45, 2.75) is 18.9 Å². The third-order valence-corrected chi connectivity index (χ3v) is 4.59. The van der Waals surface area contributed by atoms with Gasteiger partial charge < -0.3 is 14.4 Å². The van der Waals surface area contributed by atoms with E-state index in [1.165, 1.54) is 4.90 Å². The molecule has 0 aliphatic carbocycles. The monoisotopic (exact) mass is 340 g/mol. The molecule has 0 radical (unpaired) electrons. The Labute approximate surface area is 149 Å². The lowest BCUT2D eigenvalue weighted by Gasteiger charge is -2.27. The molecule has 3 rings (SSSR count). The quantitative estimate of drug-likeness (QED) is 0.813. The van der Waals surface area contributed by atoms with E-state index in [0.29, 0.717) is 0 Å². The molecule has 1 fully saturated rings. The first-order valence-electron chi connectivity index (χ1n) is 8.95. The summed E-state index contributed by atoms with van der Waals surface area (Å²) < 4.78 is 11.2. The van der Waals surface area contributed by atoms with Gasteiger partial charge in [-0.1, -0.05) is 60.7 Å². The Bertz CT molecular complexity index is 614. The summed E-state index contributed by atoms with van der Waals surface area (Å²) in [4.78, 5) is 14.4. The molecule has 0 saturated carbocycles. The zero-order valence-electron chi connectivity index (χ0n) is 14.7. The summed E-state index contributed by atoms with van der Waals surface area (Å²) in [7, 11) is 0. The Kier molecular flexibility index (Phi) is 6.20. The maximum atomic E-state index is 12.9. The zero-order chi connectivity index (χ0) is 17.5. The number of carbonyl (C=O) groups excluding carboxylic acids is 1. The van der Waals surface area contributed by atoms with Gasteiger partial charge in [0, 0.05) is 0 Å². The Morgan fingerprint density at radius 3 is 2.04 bits per heavy atom. The molecule has 25 heavy (non-hydrogen) atoms. The van der Waals surface area contributed by atoms with E-state index in [4.69, 9.17) is 9.47 Å². The largest absolute Gasteiger partial charge is 0.456 e. The summed E-state index contributed by atoms with van der Waals surface area (Å²) >= 11 is 0. The van der Waals surface area contributed by atoms with Crippen molar-refractivity contribution in [3.63, 3.8) is 0 Å². The maximum Gasteiger partial charge on any atom is 0.318 e. The summed E-state index contributed by atoms with van der Waals surface area (Å²) in [5.41, 5.74) is 1.93. The van der Waals surface area contributed by atoms with E-state index in [2.05, 4.69) is 0 Å². The fourth-order valence-electron chi connectivity index (χ4n) is 3.33. The van der Waals surface area contributed by atoms with E-state index >= 15 is 0 Å². The molecule has 0 amide bonds. The van der Waals surface area contributed by atoms with E-state index in [-0.39, 0.29) is 18.0 Å². The second-order valence-electron chi connectivity index (χ2n) is 6.57. The van der Waals surface area contributed by atoms with Crippen LogP contribution in [-0.4, -0.2) is 44.9 Å². The molecule has 0 spiro atoms. The van der Waals surface area contributed by atoms with Crippen LogP contribution in [0.4, 0.5) is 0 Å². The van der Waals surface area contributed by atoms with Crippen molar-refractivity contribution in [3.05, 3.63) is 71.8 Å². The number of quaternary nitrogens is 1. The maximum absolute atomic E-state index is 12.9. The first-order chi connectivity index (χ1) is 12.2. The number of hydrogen-bond acceptors (Lipinski definition) is 3. The van der Waals surface area contributed by atoms with E-state index in [9.17, 15) is 4.79 Å². The van der Waals surface area contributed by atoms with Gasteiger partial charge in [0.15, 0.2) is 0 Å². The molecule has 1 aliphatic rings. The van der Waals surface area contributed by atoms with Crippen molar-refractivity contribution in [1.82, 2.24) is 0 Å². The lowest BCUT2D eigenvalue weighted by Crippen LogP contribution is -3.15. The smallest absolute Gasteiger partial charge is 0.318 e. The van der Waals surface area contributed by atoms with Gasteiger partial charge in [0.05, 0.1) is 13.2 Å². The van der Waals surface area contributed by atoms with E-state index in [1.54, 1.807) is 0 Å². The highest BCUT2D eigenvalue weighted by Crippen LogP contribution is 2.26. The van der Waals surface area contributed by atoms with Crippen LogP contribution >= 0.6 is 0 Å². The summed E-state index contributed by atoms with van der Waals surface area (Å²) in [6.07, 6.45) is -0.115. The van der Waals surface area contributed by atoms with E-state index in [1.807, 2.05) is 67.6 Å². The Hall–Kier alpha value is -2.17. The molecule has 4 nitrogen and oxygen atoms in total. The first kappa shape index (κ1) is 17.6. The third kappa shape index (κ3) is 4.91. The molecule has 0 bridgehead atoms. The minimum absolute atomic E-state index is 0.115. The van der Waals surface area contributed by atoms with Crippen LogP contribution in [0.25, 0.3) is 0 Å². The molecule has 1 N–H and O–H groups in total. The average molecular weight is 340 g/mol. The van der Waals surface area contributed by atoms with Crippen LogP contribution in [0.15, 0.2) is 60.7 Å². The van der Waals surface area contributed by atoms with Crippen LogP contribution in [0, 0.1) is 0 Å². The van der Waals surface area contributed by atoms with Crippen LogP contribution in [0.2, 0.25) is 0 Å². The lowest BCUT2D eigenvalue weighted by molar-refractivity contribution is -0.910. The Morgan fingerprint density at radius 2 is 1.52 bits per heavy atom. The number of esters is 1. The van der Waals surface area contributed by atoms with Gasteiger partial charge in [-0.15, -0.1) is 0 Å². The molecule has 132 valence electrons. The normalized spacial score (nSPS) is 16.6. The minimum atomic E-state index is -0.385. The zero-order valence-corrected chi connectivity index (χ0v) is 14.7. The lowest BCUT2D eigenvalue weighted by atomic mass is 9.91. The molecule has 1 heterocycles. The molecular formula is C21H26NO3+. The van der Waals surface area contributed by atoms with Crippen LogP contribution in [0.5, 0.6) is 0 Å². The van der Waals surface area contributed by atoms with Gasteiger partial charge in [-0.05, 0) is 18.1 Å². The molecule has 2 aromatic rings. The Balaban J connectivity index is 1.71. The molecule has 0 aromatic heterocycles. The third-order valence-electron chi connectivity index (χ3n) is 4.59. The highest BCUT2D eigenvalue weighted by Gasteiger charge is 2.27. The highest BCUT2D eigenvalue weighted by molar-refractivity contribution is 5.82. The number of morpholine rings is 1. The highest BCUT2D eigenvalue weighted by atomic mass is 16.5. The van der Waals surface area contributed by atoms with Crippen molar-refractivity contribution in [2.75, 3.05) is 32.8 Å². The van der Waals surface area contributed by atoms with Crippen molar-refractivity contribution in [1.29, 1.82) is 0 Å². The molecule has 1 atom stereocenters. The summed E-state index contributed by atoms with van der Waals surface area (Å²) in [6, 6.07) is 19.7. The summed E-state index contributed by atoms with van der Waals surface area (Å²) in [5, 5.41) is 0. The minimum Gasteiger partial charge on any atom is -0.456 e. The molecule has 4 heteroatoms. The van der Waals surface area contributed by atoms with Gasteiger partial charge in [-0.25, -0.2) is 0 Å². The fourth-order valence-corrected chi connectivity index (χ4v) is 3.33. The Morgan fingerprint density at radius 1 is 1.00 bits per heavy atom. The van der Waals surface area contributed by atoms with Gasteiger partial charge in [-0.3, -0.25) is 4.79 Å². The molecule has 1 saturated heterocycles. The van der Waals surface area contributed by atoms with Crippen molar-refractivity contribution >= 4 is 5.97 Å². The standard InChI is InChI=1S/C21H25NO3/c1-17(16-22-12-14-24-15-13-22)25-21(23)20(18-8-4-2-5-9-18)19-10-6-3-7-11-19/h2-11,17,20H,12-16H2,1H3/p+1/t17-/m1/s1. The molecule has 0 unspecified atom stereocenters. The second kappa shape index (κ2) is 8.79. The number of hydrogen-bond donors (Lipinski definition) is 1. The average Bonchev–Trinajstić information content (AvgIpc) is 2.64. The van der Waals surface area contributed by atoms with Crippen molar-refractivity contribution in [3.8, 4) is 0 Å². The first-order valence-corrected chi connectivity index (χ1v) is 8.95. The predicted octanol–water partition coefficient (Wildman–Crippen LogP) is 1.67. The van der Waals surface area contributed by atoms with Crippen LogP contribution in [-0.2, 0) is 14.3 Å². The van der Waals surface area contributed by atoms with E-state index < -0.39 is 0 Å². The second-order valence-corrected chi connectivity index (χ2v) is 6.57. The predicted molar refractivity (Wildman–Crippen MR) is 96.7 cm³/mol. The summed E-state index contributed by atoms with van der Waals surface area (Å²) in [6.45, 7) is 6.32. The number of benzene rings is 2. The molecule has 1 aliphatic heterocycles. The van der Waals surface area contributed by atoms with Crippen LogP contribution in [0.1, 0.15) is 24.0 Å². The number of nitrogens with one attached hydrogen (secondary N) is 1. The van der Waals surface area contributed by atoms with Crippen molar-refractivity contribution < 1.29 is 19.2 Å². The molecular weight excluding hydrogens is 314 g/mol. The van der Waals surface area contributed by atoms with Gasteiger partial charge >= 0.3 is 5.97 Å². The van der Waals surface area contributed by atoms with Crippen LogP contribution in [0.3, 0.4) is 0 Å². The summed E-state index contributed by atoms with van der Waals surface area (Å²) in [5.74, 6) is -0.568. The topological polar surface area (TPSA) is 40.0 Å². The van der Waals surface area contributed by atoms with Crippen molar-refractivity contribution in [2.24, 2.45) is 0 Å². The van der Waals surface area contributed by atoms with Gasteiger partial charge in [0.25, 0.3) is 0 Å². The number of rotatable bonds is 6. The SMILES string of the molecule is C[C@H](C[NH+]1CCOCC1)OC(=O)C(c1ccccc1)c1ccccc1. The number of carbonyl (C=O) groups is 1. The molecule has 2 aromatic carbocycles. The van der Waals surface area contributed by atoms with Gasteiger partial charge in [0.2, 0.25) is 0 Å². The van der Waals surface area contributed by atoms with Crippen LogP contribution < -0.4 is 4.90 Å². The van der Waals surface area contributed by atoms with E-state index in [0.717, 1.165) is 44.0 Å². The van der Waals surface area contributed by atoms with Gasteiger partial charge in [-0.2, -0.15) is 0 Å².